The summed E-state index contributed by atoms with van der Waals surface area (Å²) in [5.74, 6) is 0.753. The first-order valence-electron chi connectivity index (χ1n) is 33.7. The van der Waals surface area contributed by atoms with Crippen LogP contribution in [0.5, 0.6) is 0 Å². The summed E-state index contributed by atoms with van der Waals surface area (Å²) in [6.45, 7) is 13.9. The van der Waals surface area contributed by atoms with Gasteiger partial charge < -0.3 is 33.8 Å². The molecule has 0 aromatic carbocycles. The van der Waals surface area contributed by atoms with Crippen LogP contribution in [0, 0.1) is 23.7 Å². The van der Waals surface area contributed by atoms with Gasteiger partial charge in [0.2, 0.25) is 0 Å². The second-order valence-electron chi connectivity index (χ2n) is 25.2. The van der Waals surface area contributed by atoms with E-state index in [0.29, 0.717) is 31.6 Å². The molecule has 0 aliphatic heterocycles. The van der Waals surface area contributed by atoms with Gasteiger partial charge in [-0.1, -0.05) is 261 Å². The predicted octanol–water partition coefficient (Wildman–Crippen LogP) is 17.8. The third-order valence-electron chi connectivity index (χ3n) is 15.2. The molecule has 6 atom stereocenters. The van der Waals surface area contributed by atoms with Crippen LogP contribution in [0.2, 0.25) is 0 Å². The SMILES string of the molecule is CCC(C)CCCCCCCCC(=O)OC[C@H](COP(=O)(O)OC[C@H](O)COP(=O)(O)OC[C@@H](COC(=O)CCCCCCCCCCCCC(C)C)OC(=O)CCCCCCCCC(C)C)OC(=O)CCCCCCCCCCCC(C)C. The highest BCUT2D eigenvalue weighted by molar-refractivity contribution is 7.47. The fourth-order valence-corrected chi connectivity index (χ4v) is 11.2. The van der Waals surface area contributed by atoms with E-state index in [1.807, 2.05) is 0 Å². The maximum atomic E-state index is 13.0. The Morgan fingerprint density at radius 2 is 0.571 bits per heavy atom. The molecule has 0 aromatic heterocycles. The Morgan fingerprint density at radius 3 is 0.845 bits per heavy atom. The van der Waals surface area contributed by atoms with Crippen molar-refractivity contribution >= 4 is 39.5 Å². The standard InChI is InChI=1S/C65H126O17P2/c1-9-58(8)44-36-28-22-24-30-38-46-63(68)76-52-60(81-64(69)47-39-31-20-16-12-14-18-26-34-42-56(4)5)53-79-83(71,72)77-49-59(66)50-78-84(73,74)80-54-61(82-65(70)48-40-32-23-21-27-35-43-57(6)7)51-75-62(67)45-37-29-19-15-11-10-13-17-25-33-41-55(2)3/h55-61,66H,9-54H2,1-8H3,(H,71,72)(H,73,74)/t58?,59-,60+,61+/m0/s1. The van der Waals surface area contributed by atoms with Gasteiger partial charge in [-0.3, -0.25) is 37.3 Å². The Morgan fingerprint density at radius 1 is 0.333 bits per heavy atom. The maximum Gasteiger partial charge on any atom is 0.472 e. The molecule has 498 valence electrons. The number of rotatable bonds is 62. The average Bonchev–Trinajstić information content (AvgIpc) is 3.45. The lowest BCUT2D eigenvalue weighted by molar-refractivity contribution is -0.161. The Bertz CT molecular complexity index is 1680. The highest BCUT2D eigenvalue weighted by atomic mass is 31.2. The summed E-state index contributed by atoms with van der Waals surface area (Å²) in [6.07, 6.45) is 35.0. The molecule has 0 aromatic rings. The Kier molecular flexibility index (Phi) is 53.9. The maximum absolute atomic E-state index is 13.0. The number of aliphatic hydroxyl groups is 1. The number of phosphoric ester groups is 2. The van der Waals surface area contributed by atoms with E-state index in [1.54, 1.807) is 0 Å². The number of ether oxygens (including phenoxy) is 4. The Hall–Kier alpha value is -1.94. The number of carbonyl (C=O) groups is 4. The summed E-state index contributed by atoms with van der Waals surface area (Å²) >= 11 is 0. The molecule has 0 rings (SSSR count). The van der Waals surface area contributed by atoms with Crippen molar-refractivity contribution in [2.45, 2.75) is 331 Å². The molecule has 0 aliphatic carbocycles. The number of carbonyl (C=O) groups excluding carboxylic acids is 4. The quantitative estimate of drug-likeness (QED) is 0.0222. The van der Waals surface area contributed by atoms with Crippen LogP contribution < -0.4 is 0 Å². The number of phosphoric acid groups is 2. The van der Waals surface area contributed by atoms with Crippen molar-refractivity contribution < 1.29 is 80.2 Å². The topological polar surface area (TPSA) is 237 Å². The summed E-state index contributed by atoms with van der Waals surface area (Å²) in [5, 5.41) is 10.5. The number of aliphatic hydroxyl groups excluding tert-OH is 1. The lowest BCUT2D eigenvalue weighted by Gasteiger charge is -2.21. The molecular weight excluding hydrogens is 1110 g/mol. The van der Waals surface area contributed by atoms with Gasteiger partial charge in [0, 0.05) is 25.7 Å². The van der Waals surface area contributed by atoms with Crippen LogP contribution >= 0.6 is 15.6 Å². The van der Waals surface area contributed by atoms with Gasteiger partial charge in [-0.05, 0) is 49.4 Å². The van der Waals surface area contributed by atoms with Crippen molar-refractivity contribution in [3.05, 3.63) is 0 Å². The first-order chi connectivity index (χ1) is 40.1. The van der Waals surface area contributed by atoms with Crippen molar-refractivity contribution in [3.63, 3.8) is 0 Å². The molecule has 3 N–H and O–H groups in total. The largest absolute Gasteiger partial charge is 0.472 e. The summed E-state index contributed by atoms with van der Waals surface area (Å²) in [4.78, 5) is 72.2. The fraction of sp³-hybridized carbons (Fsp3) is 0.938. The average molecular weight is 1240 g/mol. The first-order valence-corrected chi connectivity index (χ1v) is 36.7. The lowest BCUT2D eigenvalue weighted by Crippen LogP contribution is -2.30. The van der Waals surface area contributed by atoms with Gasteiger partial charge in [0.25, 0.3) is 0 Å². The van der Waals surface area contributed by atoms with Gasteiger partial charge >= 0.3 is 39.5 Å². The first kappa shape index (κ1) is 82.1. The minimum absolute atomic E-state index is 0.101. The van der Waals surface area contributed by atoms with E-state index in [9.17, 15) is 43.2 Å². The van der Waals surface area contributed by atoms with Crippen molar-refractivity contribution in [2.75, 3.05) is 39.6 Å². The molecule has 17 nitrogen and oxygen atoms in total. The van der Waals surface area contributed by atoms with Gasteiger partial charge in [-0.2, -0.15) is 0 Å². The Balaban J connectivity index is 5.24. The third kappa shape index (κ3) is 57.8. The minimum Gasteiger partial charge on any atom is -0.462 e. The summed E-state index contributed by atoms with van der Waals surface area (Å²) in [6, 6.07) is 0. The lowest BCUT2D eigenvalue weighted by atomic mass is 10.00. The fourth-order valence-electron chi connectivity index (χ4n) is 9.57. The highest BCUT2D eigenvalue weighted by Gasteiger charge is 2.30. The van der Waals surface area contributed by atoms with Gasteiger partial charge in [0.05, 0.1) is 26.4 Å². The van der Waals surface area contributed by atoms with Crippen LogP contribution in [0.4, 0.5) is 0 Å². The number of esters is 4. The van der Waals surface area contributed by atoms with E-state index >= 15 is 0 Å². The monoisotopic (exact) mass is 1240 g/mol. The molecule has 84 heavy (non-hydrogen) atoms. The summed E-state index contributed by atoms with van der Waals surface area (Å²) in [5.41, 5.74) is 0. The molecule has 0 bridgehead atoms. The van der Waals surface area contributed by atoms with E-state index in [2.05, 4.69) is 55.4 Å². The van der Waals surface area contributed by atoms with Crippen molar-refractivity contribution in [1.29, 1.82) is 0 Å². The smallest absolute Gasteiger partial charge is 0.462 e. The number of hydrogen-bond acceptors (Lipinski definition) is 15. The van der Waals surface area contributed by atoms with Crippen LogP contribution in [0.25, 0.3) is 0 Å². The molecular formula is C65H126O17P2. The second kappa shape index (κ2) is 55.2. The summed E-state index contributed by atoms with van der Waals surface area (Å²) < 4.78 is 68.0. The molecule has 3 unspecified atom stereocenters. The molecule has 0 radical (unpaired) electrons. The van der Waals surface area contributed by atoms with Crippen LogP contribution in [0.15, 0.2) is 0 Å². The summed E-state index contributed by atoms with van der Waals surface area (Å²) in [7, 11) is -9.89. The van der Waals surface area contributed by atoms with Crippen LogP contribution in [-0.4, -0.2) is 96.7 Å². The minimum atomic E-state index is -4.95. The molecule has 0 fully saturated rings. The zero-order valence-electron chi connectivity index (χ0n) is 54.5. The molecule has 0 aliphatic rings. The second-order valence-corrected chi connectivity index (χ2v) is 28.1. The van der Waals surface area contributed by atoms with Crippen molar-refractivity contribution in [2.24, 2.45) is 23.7 Å². The normalized spacial score (nSPS) is 14.7. The molecule has 0 spiro atoms. The van der Waals surface area contributed by atoms with E-state index in [-0.39, 0.29) is 25.7 Å². The highest BCUT2D eigenvalue weighted by Crippen LogP contribution is 2.45. The molecule has 0 amide bonds. The van der Waals surface area contributed by atoms with Gasteiger partial charge in [0.1, 0.15) is 19.3 Å². The van der Waals surface area contributed by atoms with Crippen LogP contribution in [-0.2, 0) is 65.4 Å². The van der Waals surface area contributed by atoms with Gasteiger partial charge in [-0.25, -0.2) is 9.13 Å². The van der Waals surface area contributed by atoms with Crippen molar-refractivity contribution in [1.82, 2.24) is 0 Å². The van der Waals surface area contributed by atoms with Gasteiger partial charge in [0.15, 0.2) is 12.2 Å². The van der Waals surface area contributed by atoms with E-state index < -0.39 is 97.5 Å². The molecule has 19 heteroatoms. The van der Waals surface area contributed by atoms with E-state index in [1.165, 1.54) is 109 Å². The van der Waals surface area contributed by atoms with E-state index in [4.69, 9.17) is 37.0 Å². The zero-order valence-corrected chi connectivity index (χ0v) is 56.3. The van der Waals surface area contributed by atoms with Crippen LogP contribution in [0.3, 0.4) is 0 Å². The number of unbranched alkanes of at least 4 members (excludes halogenated alkanes) is 27. The Labute approximate surface area is 511 Å². The molecule has 0 saturated carbocycles. The zero-order chi connectivity index (χ0) is 62.5. The van der Waals surface area contributed by atoms with Gasteiger partial charge in [-0.15, -0.1) is 0 Å². The van der Waals surface area contributed by atoms with E-state index in [0.717, 1.165) is 114 Å². The van der Waals surface area contributed by atoms with Crippen molar-refractivity contribution in [3.8, 4) is 0 Å². The number of hydrogen-bond donors (Lipinski definition) is 3. The van der Waals surface area contributed by atoms with Crippen LogP contribution in [0.1, 0.15) is 312 Å². The molecule has 0 saturated heterocycles. The molecule has 0 heterocycles. The third-order valence-corrected chi connectivity index (χ3v) is 17.1. The predicted molar refractivity (Wildman–Crippen MR) is 335 cm³/mol.